The van der Waals surface area contributed by atoms with E-state index in [9.17, 15) is 8.42 Å². The fourth-order valence-corrected chi connectivity index (χ4v) is 3.68. The van der Waals surface area contributed by atoms with Gasteiger partial charge >= 0.3 is 0 Å². The van der Waals surface area contributed by atoms with Crippen LogP contribution in [0.5, 0.6) is 0 Å². The number of nitrogens with zero attached hydrogens (tertiary/aromatic N) is 2. The molecule has 0 radical (unpaired) electrons. The summed E-state index contributed by atoms with van der Waals surface area (Å²) >= 11 is 5.83. The first kappa shape index (κ1) is 14.3. The number of hydrogen-bond acceptors (Lipinski definition) is 4. The Morgan fingerprint density at radius 1 is 1.37 bits per heavy atom. The van der Waals surface area contributed by atoms with Crippen molar-refractivity contribution < 1.29 is 8.42 Å². The molecule has 1 aromatic carbocycles. The molecule has 19 heavy (non-hydrogen) atoms. The van der Waals surface area contributed by atoms with Gasteiger partial charge in [-0.2, -0.15) is 8.42 Å². The second-order valence-electron chi connectivity index (χ2n) is 4.42. The molecule has 0 spiro atoms. The molecule has 104 valence electrons. The lowest BCUT2D eigenvalue weighted by Gasteiger charge is -2.30. The Morgan fingerprint density at radius 2 is 2.00 bits per heavy atom. The van der Waals surface area contributed by atoms with Gasteiger partial charge in [0.15, 0.2) is 0 Å². The lowest BCUT2D eigenvalue weighted by Crippen LogP contribution is -2.45. The number of anilines is 1. The zero-order valence-corrected chi connectivity index (χ0v) is 12.4. The normalized spacial score (nSPS) is 17.3. The zero-order chi connectivity index (χ0) is 14.2. The Morgan fingerprint density at radius 3 is 2.58 bits per heavy atom. The first-order valence-corrected chi connectivity index (χ1v) is 7.91. The number of amidine groups is 1. The van der Waals surface area contributed by atoms with Crippen LogP contribution >= 0.6 is 11.6 Å². The van der Waals surface area contributed by atoms with E-state index >= 15 is 0 Å². The second kappa shape index (κ2) is 5.11. The number of halogens is 1. The van der Waals surface area contributed by atoms with Gasteiger partial charge in [0.05, 0.1) is 5.69 Å². The lowest BCUT2D eigenvalue weighted by molar-refractivity contribution is 0.590. The summed E-state index contributed by atoms with van der Waals surface area (Å²) in [6, 6.07) is 4.59. The van der Waals surface area contributed by atoms with Crippen LogP contribution in [0.3, 0.4) is 0 Å². The maximum atomic E-state index is 12.2. The smallest absolute Gasteiger partial charge is 0.264 e. The van der Waals surface area contributed by atoms with Crippen LogP contribution in [0.2, 0.25) is 5.02 Å². The highest BCUT2D eigenvalue weighted by Gasteiger charge is 2.32. The fraction of sp³-hybridized carbons (Fsp3) is 0.417. The van der Waals surface area contributed by atoms with E-state index in [1.54, 1.807) is 12.1 Å². The van der Waals surface area contributed by atoms with Crippen LogP contribution in [-0.4, -0.2) is 14.3 Å². The maximum Gasteiger partial charge on any atom is 0.286 e. The minimum absolute atomic E-state index is 0.0172. The highest BCUT2D eigenvalue weighted by molar-refractivity contribution is 7.90. The van der Waals surface area contributed by atoms with Crippen molar-refractivity contribution in [1.82, 2.24) is 0 Å². The van der Waals surface area contributed by atoms with E-state index in [0.717, 1.165) is 12.8 Å². The topological polar surface area (TPSA) is 75.8 Å². The molecule has 5 nitrogen and oxygen atoms in total. The van der Waals surface area contributed by atoms with E-state index in [-0.39, 0.29) is 10.8 Å². The minimum atomic E-state index is -3.73. The molecule has 0 aromatic heterocycles. The highest BCUT2D eigenvalue weighted by atomic mass is 35.5. The third kappa shape index (κ3) is 2.48. The number of fused-ring (bicyclic) bond motifs is 1. The number of rotatable bonds is 3. The Bertz CT molecular complexity index is 624. The number of benzene rings is 1. The molecular weight excluding hydrogens is 286 g/mol. The monoisotopic (exact) mass is 301 g/mol. The third-order valence-corrected chi connectivity index (χ3v) is 4.82. The number of hydrogen-bond donors (Lipinski definition) is 1. The summed E-state index contributed by atoms with van der Waals surface area (Å²) in [5.41, 5.74) is 0.418. The largest absolute Gasteiger partial charge is 0.286 e. The summed E-state index contributed by atoms with van der Waals surface area (Å²) in [4.78, 5) is 0.0530. The zero-order valence-electron chi connectivity index (χ0n) is 10.8. The molecular formula is C12H16ClN3O2S. The Hall–Kier alpha value is -1.11. The first-order chi connectivity index (χ1) is 8.90. The summed E-state index contributed by atoms with van der Waals surface area (Å²) in [5, 5.41) is 1.70. The molecule has 1 heterocycles. The molecule has 1 aromatic rings. The summed E-state index contributed by atoms with van der Waals surface area (Å²) in [7, 11) is -3.73. The second-order valence-corrected chi connectivity index (χ2v) is 6.43. The molecule has 7 heteroatoms. The summed E-state index contributed by atoms with van der Waals surface area (Å²) < 4.78 is 28.2. The average Bonchev–Trinajstić information content (AvgIpc) is 2.36. The van der Waals surface area contributed by atoms with Gasteiger partial charge < -0.3 is 0 Å². The Kier molecular flexibility index (Phi) is 3.85. The standard InChI is InChI=1S/C12H16ClN3O2S/c1-3-8(4-2)12-15-19(17,18)11-7-9(13)5-6-10(11)16(12)14/h5-8H,3-4,14H2,1-2H3. The molecule has 0 fully saturated rings. The van der Waals surface area contributed by atoms with Gasteiger partial charge in [0.2, 0.25) is 0 Å². The van der Waals surface area contributed by atoms with Gasteiger partial charge in [-0.1, -0.05) is 25.4 Å². The molecule has 0 atom stereocenters. The van der Waals surface area contributed by atoms with Crippen LogP contribution in [0.4, 0.5) is 5.69 Å². The molecule has 0 saturated carbocycles. The number of nitrogens with two attached hydrogens (primary N) is 1. The van der Waals surface area contributed by atoms with Crippen LogP contribution in [0.15, 0.2) is 27.5 Å². The van der Waals surface area contributed by atoms with Gasteiger partial charge in [0, 0.05) is 10.9 Å². The predicted molar refractivity (Wildman–Crippen MR) is 76.8 cm³/mol. The summed E-state index contributed by atoms with van der Waals surface area (Å²) in [6.45, 7) is 3.96. The van der Waals surface area contributed by atoms with Crippen molar-refractivity contribution in [2.45, 2.75) is 31.6 Å². The van der Waals surface area contributed by atoms with E-state index in [1.807, 2.05) is 13.8 Å². The van der Waals surface area contributed by atoms with Crippen molar-refractivity contribution in [3.05, 3.63) is 23.2 Å². The lowest BCUT2D eigenvalue weighted by atomic mass is 10.0. The van der Waals surface area contributed by atoms with E-state index in [1.165, 1.54) is 11.1 Å². The van der Waals surface area contributed by atoms with Crippen molar-refractivity contribution in [1.29, 1.82) is 0 Å². The van der Waals surface area contributed by atoms with Crippen LogP contribution in [0.1, 0.15) is 26.7 Å². The van der Waals surface area contributed by atoms with E-state index in [4.69, 9.17) is 17.4 Å². The van der Waals surface area contributed by atoms with Gasteiger partial charge in [-0.15, -0.1) is 4.40 Å². The molecule has 0 unspecified atom stereocenters. The molecule has 0 saturated heterocycles. The molecule has 0 bridgehead atoms. The van der Waals surface area contributed by atoms with Crippen molar-refractivity contribution >= 4 is 33.1 Å². The molecule has 1 aliphatic rings. The average molecular weight is 302 g/mol. The third-order valence-electron chi connectivity index (χ3n) is 3.27. The van der Waals surface area contributed by atoms with Crippen molar-refractivity contribution in [3.8, 4) is 0 Å². The first-order valence-electron chi connectivity index (χ1n) is 6.10. The SMILES string of the molecule is CCC(CC)C1=NS(=O)(=O)c2cc(Cl)ccc2N1N. The molecule has 2 rings (SSSR count). The highest BCUT2D eigenvalue weighted by Crippen LogP contribution is 2.34. The predicted octanol–water partition coefficient (Wildman–Crippen LogP) is 2.56. The van der Waals surface area contributed by atoms with Gasteiger partial charge in [-0.25, -0.2) is 5.84 Å². The molecule has 1 aliphatic heterocycles. The molecule has 2 N–H and O–H groups in total. The van der Waals surface area contributed by atoms with Gasteiger partial charge in [-0.3, -0.25) is 5.01 Å². The van der Waals surface area contributed by atoms with Crippen LogP contribution in [0.25, 0.3) is 0 Å². The van der Waals surface area contributed by atoms with Gasteiger partial charge in [0.1, 0.15) is 10.7 Å². The number of sulfonamides is 1. The Labute approximate surface area is 118 Å². The summed E-state index contributed by atoms with van der Waals surface area (Å²) in [6.07, 6.45) is 1.56. The Balaban J connectivity index is 2.61. The molecule has 0 aliphatic carbocycles. The van der Waals surface area contributed by atoms with Gasteiger partial charge in [-0.05, 0) is 31.0 Å². The van der Waals surface area contributed by atoms with Crippen LogP contribution in [0, 0.1) is 5.92 Å². The molecule has 0 amide bonds. The maximum absolute atomic E-state index is 12.2. The van der Waals surface area contributed by atoms with Crippen molar-refractivity contribution in [2.75, 3.05) is 5.01 Å². The van der Waals surface area contributed by atoms with Crippen molar-refractivity contribution in [2.24, 2.45) is 16.2 Å². The van der Waals surface area contributed by atoms with Crippen molar-refractivity contribution in [3.63, 3.8) is 0 Å². The summed E-state index contributed by atoms with van der Waals surface area (Å²) in [5.74, 6) is 6.41. The fourth-order valence-electron chi connectivity index (χ4n) is 2.16. The minimum Gasteiger partial charge on any atom is -0.264 e. The van der Waals surface area contributed by atoms with Gasteiger partial charge in [0.25, 0.3) is 10.0 Å². The van der Waals surface area contributed by atoms with Crippen LogP contribution in [-0.2, 0) is 10.0 Å². The van der Waals surface area contributed by atoms with E-state index in [2.05, 4.69) is 4.40 Å². The quantitative estimate of drug-likeness (QED) is 0.871. The van der Waals surface area contributed by atoms with E-state index in [0.29, 0.717) is 16.5 Å². The number of hydrazine groups is 1. The van der Waals surface area contributed by atoms with Crippen LogP contribution < -0.4 is 10.9 Å². The van der Waals surface area contributed by atoms with E-state index < -0.39 is 10.0 Å².